The molecule has 4 rings (SSSR count). The average Bonchev–Trinajstić information content (AvgIpc) is 3.37. The summed E-state index contributed by atoms with van der Waals surface area (Å²) in [5, 5.41) is 2.61. The Morgan fingerprint density at radius 3 is 2.88 bits per heavy atom. The van der Waals surface area contributed by atoms with Crippen molar-refractivity contribution in [3.63, 3.8) is 0 Å². The molecule has 12 heteroatoms. The van der Waals surface area contributed by atoms with Crippen LogP contribution in [0.15, 0.2) is 35.7 Å². The quantitative estimate of drug-likeness (QED) is 0.590. The molecule has 3 aromatic rings. The van der Waals surface area contributed by atoms with Crippen LogP contribution >= 0.6 is 0 Å². The number of halogens is 1. The lowest BCUT2D eigenvalue weighted by Crippen LogP contribution is -2.38. The van der Waals surface area contributed by atoms with E-state index in [2.05, 4.69) is 15.3 Å². The third-order valence-electron chi connectivity index (χ3n) is 5.64. The molecule has 0 bridgehead atoms. The van der Waals surface area contributed by atoms with Gasteiger partial charge in [0.05, 0.1) is 37.8 Å². The van der Waals surface area contributed by atoms with Gasteiger partial charge in [-0.05, 0) is 19.1 Å². The van der Waals surface area contributed by atoms with Gasteiger partial charge in [-0.2, -0.15) is 4.31 Å². The van der Waals surface area contributed by atoms with Gasteiger partial charge in [-0.3, -0.25) is 4.79 Å². The number of hydrogen-bond donors (Lipinski definition) is 1. The molecule has 170 valence electrons. The Hall–Kier alpha value is -3.25. The van der Waals surface area contributed by atoms with Crippen LogP contribution in [0.25, 0.3) is 0 Å². The number of methoxy groups -OCH3 is 1. The van der Waals surface area contributed by atoms with Crippen molar-refractivity contribution in [3.8, 4) is 5.88 Å². The van der Waals surface area contributed by atoms with Crippen molar-refractivity contribution in [3.05, 3.63) is 59.3 Å². The highest BCUT2D eigenvalue weighted by Crippen LogP contribution is 2.26. The highest BCUT2D eigenvalue weighted by molar-refractivity contribution is 7.89. The second-order valence-corrected chi connectivity index (χ2v) is 9.32. The molecule has 0 atom stereocenters. The number of sulfonamides is 1. The minimum atomic E-state index is -3.83. The highest BCUT2D eigenvalue weighted by atomic mass is 32.2. The molecule has 1 aliphatic heterocycles. The van der Waals surface area contributed by atoms with E-state index in [4.69, 9.17) is 4.74 Å². The summed E-state index contributed by atoms with van der Waals surface area (Å²) in [5.74, 6) is -1.03. The van der Waals surface area contributed by atoms with Crippen LogP contribution in [0.3, 0.4) is 0 Å². The van der Waals surface area contributed by atoms with Gasteiger partial charge in [0.2, 0.25) is 15.9 Å². The number of imidazole rings is 1. The van der Waals surface area contributed by atoms with Gasteiger partial charge in [0, 0.05) is 38.2 Å². The molecule has 0 aromatic carbocycles. The summed E-state index contributed by atoms with van der Waals surface area (Å²) in [6, 6.07) is 2.52. The van der Waals surface area contributed by atoms with E-state index < -0.39 is 21.7 Å². The van der Waals surface area contributed by atoms with Crippen LogP contribution in [0.4, 0.5) is 4.39 Å². The zero-order valence-electron chi connectivity index (χ0n) is 17.9. The monoisotopic (exact) mass is 462 g/mol. The van der Waals surface area contributed by atoms with Crippen LogP contribution in [0.1, 0.15) is 27.4 Å². The first-order valence-corrected chi connectivity index (χ1v) is 11.3. The van der Waals surface area contributed by atoms with Crippen LogP contribution < -0.4 is 10.1 Å². The molecule has 4 heterocycles. The van der Waals surface area contributed by atoms with Crippen LogP contribution in [0.5, 0.6) is 5.88 Å². The van der Waals surface area contributed by atoms with Crippen molar-refractivity contribution in [1.29, 1.82) is 0 Å². The predicted octanol–water partition coefficient (Wildman–Crippen LogP) is 1.21. The van der Waals surface area contributed by atoms with Crippen molar-refractivity contribution >= 4 is 15.9 Å². The summed E-state index contributed by atoms with van der Waals surface area (Å²) in [6.07, 6.45) is 4.59. The first-order valence-electron chi connectivity index (χ1n) is 9.85. The third kappa shape index (κ3) is 3.75. The summed E-state index contributed by atoms with van der Waals surface area (Å²) in [6.45, 7) is 2.50. The molecule has 0 saturated heterocycles. The summed E-state index contributed by atoms with van der Waals surface area (Å²) in [4.78, 5) is 20.9. The number of ether oxygens (including phenoxy) is 1. The lowest BCUT2D eigenvalue weighted by Gasteiger charge is -2.27. The number of nitrogens with one attached hydrogen (secondary N) is 1. The summed E-state index contributed by atoms with van der Waals surface area (Å²) in [5.41, 5.74) is 1.48. The molecular weight excluding hydrogens is 439 g/mol. The fourth-order valence-corrected chi connectivity index (χ4v) is 5.37. The molecule has 0 saturated carbocycles. The van der Waals surface area contributed by atoms with Crippen molar-refractivity contribution in [2.45, 2.75) is 31.5 Å². The zero-order valence-corrected chi connectivity index (χ0v) is 18.7. The number of amides is 1. The van der Waals surface area contributed by atoms with Crippen molar-refractivity contribution in [2.75, 3.05) is 13.7 Å². The number of aromatic nitrogens is 4. The van der Waals surface area contributed by atoms with Crippen molar-refractivity contribution < 1.29 is 22.3 Å². The van der Waals surface area contributed by atoms with E-state index in [0.717, 1.165) is 5.69 Å². The number of fused-ring (bicyclic) bond motifs is 1. The number of carbonyl (C=O) groups excluding carboxylic acids is 1. The highest BCUT2D eigenvalue weighted by Gasteiger charge is 2.32. The summed E-state index contributed by atoms with van der Waals surface area (Å²) >= 11 is 0. The normalized spacial score (nSPS) is 14.2. The van der Waals surface area contributed by atoms with Crippen molar-refractivity contribution in [1.82, 2.24) is 28.7 Å². The summed E-state index contributed by atoms with van der Waals surface area (Å²) < 4.78 is 50.6. The second-order valence-electron chi connectivity index (χ2n) is 7.42. The van der Waals surface area contributed by atoms with Gasteiger partial charge in [-0.1, -0.05) is 0 Å². The fourth-order valence-electron chi connectivity index (χ4n) is 3.70. The van der Waals surface area contributed by atoms with E-state index in [-0.39, 0.29) is 35.1 Å². The van der Waals surface area contributed by atoms with Gasteiger partial charge in [0.1, 0.15) is 16.4 Å². The molecule has 0 fully saturated rings. The maximum atomic E-state index is 14.1. The Labute approximate surface area is 184 Å². The molecular formula is C20H23FN6O4S. The summed E-state index contributed by atoms with van der Waals surface area (Å²) in [7, 11) is -0.861. The molecule has 0 aliphatic carbocycles. The minimum absolute atomic E-state index is 0.0586. The number of pyridine rings is 1. The van der Waals surface area contributed by atoms with E-state index in [0.29, 0.717) is 18.8 Å². The van der Waals surface area contributed by atoms with E-state index in [1.54, 1.807) is 26.5 Å². The Morgan fingerprint density at radius 2 is 2.12 bits per heavy atom. The molecule has 0 spiro atoms. The lowest BCUT2D eigenvalue weighted by atomic mass is 10.2. The lowest BCUT2D eigenvalue weighted by molar-refractivity contribution is 0.0942. The second kappa shape index (κ2) is 8.36. The first-order chi connectivity index (χ1) is 15.2. The van der Waals surface area contributed by atoms with Gasteiger partial charge in [0.25, 0.3) is 5.91 Å². The fraction of sp³-hybridized carbons (Fsp3) is 0.350. The number of carbonyl (C=O) groups is 1. The van der Waals surface area contributed by atoms with Gasteiger partial charge in [0.15, 0.2) is 0 Å². The van der Waals surface area contributed by atoms with Crippen LogP contribution in [0, 0.1) is 12.7 Å². The number of rotatable bonds is 6. The smallest absolute Gasteiger partial charge is 0.268 e. The SMILES string of the molecule is COc1nccc(F)c1CNC(=O)c1cc(S(=O)(=O)N2CCn3cncc3C2)c(C)n1C. The average molecular weight is 463 g/mol. The Balaban J connectivity index is 1.57. The molecule has 32 heavy (non-hydrogen) atoms. The van der Waals surface area contributed by atoms with Crippen LogP contribution in [0.2, 0.25) is 0 Å². The molecule has 1 N–H and O–H groups in total. The Bertz CT molecular complexity index is 1280. The third-order valence-corrected chi connectivity index (χ3v) is 7.61. The van der Waals surface area contributed by atoms with Gasteiger partial charge < -0.3 is 19.2 Å². The molecule has 1 aliphatic rings. The number of hydrogen-bond acceptors (Lipinski definition) is 6. The standard InChI is InChI=1S/C20H23FN6O4S/c1-13-18(32(29,30)27-7-6-26-12-22-9-14(26)11-27)8-17(25(13)2)19(28)24-10-15-16(21)4-5-23-20(15)31-3/h4-5,8-9,12H,6-7,10-11H2,1-3H3,(H,24,28). The van der Waals surface area contributed by atoms with E-state index >= 15 is 0 Å². The first kappa shape index (κ1) is 22.0. The predicted molar refractivity (Wildman–Crippen MR) is 112 cm³/mol. The minimum Gasteiger partial charge on any atom is -0.481 e. The van der Waals surface area contributed by atoms with E-state index in [9.17, 15) is 17.6 Å². The molecule has 0 radical (unpaired) electrons. The molecule has 3 aromatic heterocycles. The maximum Gasteiger partial charge on any atom is 0.268 e. The maximum absolute atomic E-state index is 14.1. The van der Waals surface area contributed by atoms with Gasteiger partial charge in [-0.25, -0.2) is 22.8 Å². The van der Waals surface area contributed by atoms with Gasteiger partial charge >= 0.3 is 0 Å². The molecule has 0 unspecified atom stereocenters. The Kier molecular flexibility index (Phi) is 5.73. The topological polar surface area (TPSA) is 111 Å². The molecule has 1 amide bonds. The number of nitrogens with zero attached hydrogens (tertiary/aromatic N) is 5. The van der Waals surface area contributed by atoms with Crippen molar-refractivity contribution in [2.24, 2.45) is 7.05 Å². The largest absolute Gasteiger partial charge is 0.481 e. The molecule has 10 nitrogen and oxygen atoms in total. The zero-order chi connectivity index (χ0) is 23.0. The van der Waals surface area contributed by atoms with E-state index in [1.807, 2.05) is 4.57 Å². The van der Waals surface area contributed by atoms with Crippen LogP contribution in [-0.4, -0.2) is 51.4 Å². The van der Waals surface area contributed by atoms with Gasteiger partial charge in [-0.15, -0.1) is 0 Å². The van der Waals surface area contributed by atoms with Crippen LogP contribution in [-0.2, 0) is 36.7 Å². The van der Waals surface area contributed by atoms with E-state index in [1.165, 1.54) is 34.3 Å². The Morgan fingerprint density at radius 1 is 1.34 bits per heavy atom.